The summed E-state index contributed by atoms with van der Waals surface area (Å²) in [6, 6.07) is 6.09. The van der Waals surface area contributed by atoms with Gasteiger partial charge in [-0.1, -0.05) is 0 Å². The maximum atomic E-state index is 9.05. The molecule has 0 bridgehead atoms. The van der Waals surface area contributed by atoms with E-state index in [0.29, 0.717) is 0 Å². The standard InChI is InChI=1S/C10H12N4/c11-5-10(14-6-9(12)7-14)8-1-3-13-4-2-8/h1-4,9-10H,6-7,12H2/t10-/m1/s1. The number of nitrogens with zero attached hydrogens (tertiary/aromatic N) is 3. The lowest BCUT2D eigenvalue weighted by molar-refractivity contribution is 0.121. The SMILES string of the molecule is N#C[C@H](c1ccncc1)N1CC(N)C1. The van der Waals surface area contributed by atoms with E-state index in [9.17, 15) is 0 Å². The maximum Gasteiger partial charge on any atom is 0.124 e. The molecular formula is C10H12N4. The van der Waals surface area contributed by atoms with Crippen molar-refractivity contribution in [2.24, 2.45) is 5.73 Å². The zero-order chi connectivity index (χ0) is 9.97. The molecule has 0 radical (unpaired) electrons. The average molecular weight is 188 g/mol. The van der Waals surface area contributed by atoms with Gasteiger partial charge in [0.25, 0.3) is 0 Å². The number of hydrogen-bond donors (Lipinski definition) is 1. The Morgan fingerprint density at radius 1 is 1.50 bits per heavy atom. The Balaban J connectivity index is 2.12. The molecular weight excluding hydrogens is 176 g/mol. The zero-order valence-electron chi connectivity index (χ0n) is 7.80. The first-order valence-electron chi connectivity index (χ1n) is 4.60. The predicted molar refractivity (Wildman–Crippen MR) is 52.1 cm³/mol. The second-order valence-corrected chi connectivity index (χ2v) is 3.53. The molecule has 4 nitrogen and oxygen atoms in total. The van der Waals surface area contributed by atoms with Gasteiger partial charge in [0.15, 0.2) is 0 Å². The van der Waals surface area contributed by atoms with Gasteiger partial charge in [0, 0.05) is 31.5 Å². The minimum absolute atomic E-state index is 0.169. The molecule has 2 heterocycles. The largest absolute Gasteiger partial charge is 0.325 e. The van der Waals surface area contributed by atoms with Crippen molar-refractivity contribution in [1.82, 2.24) is 9.88 Å². The van der Waals surface area contributed by atoms with Crippen molar-refractivity contribution >= 4 is 0 Å². The molecule has 72 valence electrons. The molecule has 0 saturated carbocycles. The summed E-state index contributed by atoms with van der Waals surface area (Å²) in [5.74, 6) is 0. The van der Waals surface area contributed by atoms with E-state index in [-0.39, 0.29) is 12.1 Å². The Hall–Kier alpha value is -1.44. The van der Waals surface area contributed by atoms with Gasteiger partial charge in [-0.3, -0.25) is 9.88 Å². The summed E-state index contributed by atoms with van der Waals surface area (Å²) < 4.78 is 0. The number of nitrogens with two attached hydrogens (primary N) is 1. The summed E-state index contributed by atoms with van der Waals surface area (Å²) in [5, 5.41) is 9.05. The van der Waals surface area contributed by atoms with Gasteiger partial charge < -0.3 is 5.73 Å². The Morgan fingerprint density at radius 2 is 2.14 bits per heavy atom. The monoisotopic (exact) mass is 188 g/mol. The molecule has 0 unspecified atom stereocenters. The first kappa shape index (κ1) is 9.13. The van der Waals surface area contributed by atoms with E-state index < -0.39 is 0 Å². The van der Waals surface area contributed by atoms with Gasteiger partial charge in [0.2, 0.25) is 0 Å². The van der Waals surface area contributed by atoms with Crippen molar-refractivity contribution in [3.8, 4) is 6.07 Å². The number of aromatic nitrogens is 1. The van der Waals surface area contributed by atoms with Crippen LogP contribution in [-0.2, 0) is 0 Å². The summed E-state index contributed by atoms with van der Waals surface area (Å²) >= 11 is 0. The van der Waals surface area contributed by atoms with E-state index in [2.05, 4.69) is 16.0 Å². The lowest BCUT2D eigenvalue weighted by atomic mass is 10.0. The summed E-state index contributed by atoms with van der Waals surface area (Å²) in [7, 11) is 0. The Morgan fingerprint density at radius 3 is 2.64 bits per heavy atom. The summed E-state index contributed by atoms with van der Waals surface area (Å²) in [6.45, 7) is 1.61. The van der Waals surface area contributed by atoms with E-state index >= 15 is 0 Å². The average Bonchev–Trinajstić information content (AvgIpc) is 2.18. The molecule has 4 heteroatoms. The van der Waals surface area contributed by atoms with Crippen LogP contribution in [0.5, 0.6) is 0 Å². The van der Waals surface area contributed by atoms with Crippen molar-refractivity contribution < 1.29 is 0 Å². The fraction of sp³-hybridized carbons (Fsp3) is 0.400. The highest BCUT2D eigenvalue weighted by atomic mass is 15.2. The van der Waals surface area contributed by atoms with Crippen LogP contribution in [0.1, 0.15) is 11.6 Å². The molecule has 14 heavy (non-hydrogen) atoms. The van der Waals surface area contributed by atoms with Gasteiger partial charge in [-0.15, -0.1) is 0 Å². The van der Waals surface area contributed by atoms with Crippen molar-refractivity contribution in [3.05, 3.63) is 30.1 Å². The molecule has 0 amide bonds. The second kappa shape index (κ2) is 3.74. The Bertz CT molecular complexity index is 337. The highest BCUT2D eigenvalue weighted by molar-refractivity contribution is 5.22. The number of nitriles is 1. The van der Waals surface area contributed by atoms with Crippen LogP contribution in [-0.4, -0.2) is 29.0 Å². The van der Waals surface area contributed by atoms with E-state index in [1.54, 1.807) is 12.4 Å². The normalized spacial score (nSPS) is 19.7. The quantitative estimate of drug-likeness (QED) is 0.724. The van der Waals surface area contributed by atoms with Crippen LogP contribution in [0.15, 0.2) is 24.5 Å². The smallest absolute Gasteiger partial charge is 0.124 e. The van der Waals surface area contributed by atoms with E-state index in [1.165, 1.54) is 0 Å². The highest BCUT2D eigenvalue weighted by Crippen LogP contribution is 2.23. The van der Waals surface area contributed by atoms with Crippen molar-refractivity contribution in [2.45, 2.75) is 12.1 Å². The van der Waals surface area contributed by atoms with Gasteiger partial charge in [0.1, 0.15) is 6.04 Å². The van der Waals surface area contributed by atoms with Crippen LogP contribution in [0.4, 0.5) is 0 Å². The molecule has 1 aliphatic rings. The summed E-state index contributed by atoms with van der Waals surface area (Å²) in [4.78, 5) is 6.00. The maximum absolute atomic E-state index is 9.05. The van der Waals surface area contributed by atoms with Crippen molar-refractivity contribution in [3.63, 3.8) is 0 Å². The minimum atomic E-state index is -0.169. The number of hydrogen-bond acceptors (Lipinski definition) is 4. The lowest BCUT2D eigenvalue weighted by Crippen LogP contribution is -2.56. The van der Waals surface area contributed by atoms with Crippen molar-refractivity contribution in [1.29, 1.82) is 5.26 Å². The molecule has 2 rings (SSSR count). The van der Waals surface area contributed by atoms with Gasteiger partial charge in [-0.2, -0.15) is 5.26 Å². The molecule has 1 aromatic heterocycles. The summed E-state index contributed by atoms with van der Waals surface area (Å²) in [6.07, 6.45) is 3.42. The lowest BCUT2D eigenvalue weighted by Gasteiger charge is -2.39. The van der Waals surface area contributed by atoms with Crippen LogP contribution < -0.4 is 5.73 Å². The first-order chi connectivity index (χ1) is 6.81. The summed E-state index contributed by atoms with van der Waals surface area (Å²) in [5.41, 5.74) is 6.67. The van der Waals surface area contributed by atoms with Crippen molar-refractivity contribution in [2.75, 3.05) is 13.1 Å². The van der Waals surface area contributed by atoms with Gasteiger partial charge in [-0.25, -0.2) is 0 Å². The fourth-order valence-electron chi connectivity index (χ4n) is 1.67. The van der Waals surface area contributed by atoms with E-state index in [1.807, 2.05) is 12.1 Å². The number of rotatable bonds is 2. The predicted octanol–water partition coefficient (Wildman–Crippen LogP) is 0.289. The van der Waals surface area contributed by atoms with Gasteiger partial charge in [-0.05, 0) is 17.7 Å². The molecule has 0 aliphatic carbocycles. The first-order valence-corrected chi connectivity index (χ1v) is 4.60. The minimum Gasteiger partial charge on any atom is -0.325 e. The van der Waals surface area contributed by atoms with Gasteiger partial charge in [0.05, 0.1) is 6.07 Å². The molecule has 0 aromatic carbocycles. The van der Waals surface area contributed by atoms with E-state index in [4.69, 9.17) is 11.0 Å². The number of likely N-dealkylation sites (tertiary alicyclic amines) is 1. The second-order valence-electron chi connectivity index (χ2n) is 3.53. The van der Waals surface area contributed by atoms with Crippen LogP contribution >= 0.6 is 0 Å². The molecule has 1 saturated heterocycles. The van der Waals surface area contributed by atoms with Crippen LogP contribution in [0.3, 0.4) is 0 Å². The molecule has 0 spiro atoms. The molecule has 1 fully saturated rings. The third kappa shape index (κ3) is 1.60. The zero-order valence-corrected chi connectivity index (χ0v) is 7.80. The van der Waals surface area contributed by atoms with E-state index in [0.717, 1.165) is 18.7 Å². The third-order valence-electron chi connectivity index (χ3n) is 2.45. The molecule has 2 N–H and O–H groups in total. The molecule has 1 atom stereocenters. The van der Waals surface area contributed by atoms with Crippen LogP contribution in [0, 0.1) is 11.3 Å². The number of pyridine rings is 1. The highest BCUT2D eigenvalue weighted by Gasteiger charge is 2.30. The molecule has 1 aromatic rings. The Labute approximate surface area is 83.0 Å². The van der Waals surface area contributed by atoms with Crippen LogP contribution in [0.2, 0.25) is 0 Å². The van der Waals surface area contributed by atoms with Crippen LogP contribution in [0.25, 0.3) is 0 Å². The Kier molecular flexibility index (Phi) is 2.44. The third-order valence-corrected chi connectivity index (χ3v) is 2.45. The topological polar surface area (TPSA) is 65.9 Å². The fourth-order valence-corrected chi connectivity index (χ4v) is 1.67. The van der Waals surface area contributed by atoms with Gasteiger partial charge >= 0.3 is 0 Å². The molecule has 1 aliphatic heterocycles.